The number of aryl methyl sites for hydroxylation is 1. The molecule has 2 aromatic rings. The molecular weight excluding hydrogens is 288 g/mol. The third-order valence-corrected chi connectivity index (χ3v) is 4.39. The highest BCUT2D eigenvalue weighted by molar-refractivity contribution is 7.09. The fourth-order valence-corrected chi connectivity index (χ4v) is 3.25. The normalized spacial score (nSPS) is 13.2. The van der Waals surface area contributed by atoms with Crippen molar-refractivity contribution in [3.63, 3.8) is 0 Å². The van der Waals surface area contributed by atoms with Crippen LogP contribution in [0, 0.1) is 6.92 Å². The number of hydrogen-bond donors (Lipinski definition) is 1. The maximum absolute atomic E-state index is 11.2. The van der Waals surface area contributed by atoms with E-state index in [0.29, 0.717) is 0 Å². The Kier molecular flexibility index (Phi) is 4.47. The minimum atomic E-state index is -0.831. The summed E-state index contributed by atoms with van der Waals surface area (Å²) in [4.78, 5) is 17.5. The summed E-state index contributed by atoms with van der Waals surface area (Å²) in [5.41, 5.74) is 1.60. The smallest absolute Gasteiger partial charge is 0.312 e. The highest BCUT2D eigenvalue weighted by Crippen LogP contribution is 2.22. The van der Waals surface area contributed by atoms with Gasteiger partial charge in [0, 0.05) is 17.6 Å². The fourth-order valence-electron chi connectivity index (χ4n) is 2.17. The number of aliphatic carboxylic acids is 1. The van der Waals surface area contributed by atoms with Gasteiger partial charge < -0.3 is 14.4 Å². The van der Waals surface area contributed by atoms with Crippen LogP contribution in [0.25, 0.3) is 0 Å². The van der Waals surface area contributed by atoms with Gasteiger partial charge in [-0.05, 0) is 38.1 Å². The molecule has 21 heavy (non-hydrogen) atoms. The van der Waals surface area contributed by atoms with E-state index in [0.717, 1.165) is 26.8 Å². The zero-order chi connectivity index (χ0) is 15.6. The molecule has 1 aromatic carbocycles. The summed E-state index contributed by atoms with van der Waals surface area (Å²) < 4.78 is 6.96. The van der Waals surface area contributed by atoms with Gasteiger partial charge in [-0.15, -0.1) is 11.3 Å². The molecule has 1 aromatic heterocycles. The average molecular weight is 306 g/mol. The maximum atomic E-state index is 11.2. The summed E-state index contributed by atoms with van der Waals surface area (Å²) in [6.07, 6.45) is 0. The van der Waals surface area contributed by atoms with Crippen molar-refractivity contribution in [1.29, 1.82) is 0 Å². The molecule has 0 aliphatic rings. The molecule has 5 nitrogen and oxygen atoms in total. The first-order chi connectivity index (χ1) is 9.93. The lowest BCUT2D eigenvalue weighted by Crippen LogP contribution is -2.18. The number of carbonyl (C=O) groups is 1. The summed E-state index contributed by atoms with van der Waals surface area (Å²) >= 11 is 1.49. The van der Waals surface area contributed by atoms with Crippen molar-refractivity contribution in [3.05, 3.63) is 39.6 Å². The largest absolute Gasteiger partial charge is 0.497 e. The Balaban J connectivity index is 2.47. The lowest BCUT2D eigenvalue weighted by molar-refractivity contribution is -0.138. The number of rotatable bonds is 4. The van der Waals surface area contributed by atoms with Gasteiger partial charge in [0.25, 0.3) is 0 Å². The van der Waals surface area contributed by atoms with Crippen molar-refractivity contribution < 1.29 is 14.6 Å². The maximum Gasteiger partial charge on any atom is 0.312 e. The molecule has 6 heteroatoms. The Morgan fingerprint density at radius 2 is 2.00 bits per heavy atom. The molecule has 1 atom stereocenters. The van der Waals surface area contributed by atoms with Crippen LogP contribution in [0.3, 0.4) is 0 Å². The number of nitrogens with zero attached hydrogens (tertiary/aromatic N) is 2. The average Bonchev–Trinajstić information content (AvgIpc) is 2.73. The Hall–Kier alpha value is -2.08. The molecule has 0 aliphatic carbocycles. The van der Waals surface area contributed by atoms with Crippen LogP contribution in [0.5, 0.6) is 5.75 Å². The molecule has 0 spiro atoms. The standard InChI is InChI=1S/C15H18N2O3S/c1-9(14(18)19)13-10(2)21-15(17(13)3)16-11-5-7-12(20-4)8-6-11/h5-9H,1-4H3,(H,18,19)/b16-15+. The van der Waals surface area contributed by atoms with Gasteiger partial charge >= 0.3 is 5.97 Å². The quantitative estimate of drug-likeness (QED) is 0.944. The lowest BCUT2D eigenvalue weighted by atomic mass is 10.1. The summed E-state index contributed by atoms with van der Waals surface area (Å²) in [7, 11) is 3.47. The molecule has 0 saturated heterocycles. The van der Waals surface area contributed by atoms with Crippen LogP contribution >= 0.6 is 11.3 Å². The van der Waals surface area contributed by atoms with E-state index in [1.807, 2.05) is 42.8 Å². The number of carboxylic acid groups (broad SMARTS) is 1. The lowest BCUT2D eigenvalue weighted by Gasteiger charge is -2.08. The number of ether oxygens (including phenoxy) is 1. The van der Waals surface area contributed by atoms with Gasteiger partial charge in [0.15, 0.2) is 4.80 Å². The molecule has 0 saturated carbocycles. The predicted octanol–water partition coefficient (Wildman–Crippen LogP) is 2.82. The molecule has 0 amide bonds. The van der Waals surface area contributed by atoms with Gasteiger partial charge in [-0.2, -0.15) is 0 Å². The predicted molar refractivity (Wildman–Crippen MR) is 82.3 cm³/mol. The minimum Gasteiger partial charge on any atom is -0.497 e. The van der Waals surface area contributed by atoms with E-state index in [4.69, 9.17) is 4.74 Å². The zero-order valence-electron chi connectivity index (χ0n) is 12.5. The van der Waals surface area contributed by atoms with Crippen LogP contribution in [0.15, 0.2) is 29.3 Å². The first-order valence-corrected chi connectivity index (χ1v) is 7.33. The van der Waals surface area contributed by atoms with Crippen molar-refractivity contribution in [2.24, 2.45) is 12.0 Å². The van der Waals surface area contributed by atoms with E-state index >= 15 is 0 Å². The number of thiazole rings is 1. The van der Waals surface area contributed by atoms with Gasteiger partial charge in [-0.3, -0.25) is 4.79 Å². The Morgan fingerprint density at radius 3 is 2.52 bits per heavy atom. The van der Waals surface area contributed by atoms with E-state index in [9.17, 15) is 9.90 Å². The van der Waals surface area contributed by atoms with Crippen LogP contribution in [-0.4, -0.2) is 22.8 Å². The molecule has 0 fully saturated rings. The molecule has 1 unspecified atom stereocenters. The van der Waals surface area contributed by atoms with Gasteiger partial charge in [0.05, 0.1) is 18.7 Å². The molecular formula is C15H18N2O3S. The number of benzene rings is 1. The third-order valence-electron chi connectivity index (χ3n) is 3.33. The Labute approximate surface area is 127 Å². The zero-order valence-corrected chi connectivity index (χ0v) is 13.3. The molecule has 0 radical (unpaired) electrons. The second kappa shape index (κ2) is 6.13. The number of methoxy groups -OCH3 is 1. The molecule has 112 valence electrons. The molecule has 1 heterocycles. The van der Waals surface area contributed by atoms with Crippen LogP contribution in [0.4, 0.5) is 5.69 Å². The van der Waals surface area contributed by atoms with Crippen LogP contribution < -0.4 is 9.54 Å². The number of aromatic nitrogens is 1. The first-order valence-electron chi connectivity index (χ1n) is 6.52. The monoisotopic (exact) mass is 306 g/mol. The highest BCUT2D eigenvalue weighted by Gasteiger charge is 2.20. The van der Waals surface area contributed by atoms with Crippen molar-refractivity contribution in [3.8, 4) is 5.75 Å². The Morgan fingerprint density at radius 1 is 1.38 bits per heavy atom. The first kappa shape index (κ1) is 15.3. The van der Waals surface area contributed by atoms with E-state index in [-0.39, 0.29) is 0 Å². The van der Waals surface area contributed by atoms with Gasteiger partial charge in [-0.25, -0.2) is 4.99 Å². The number of hydrogen-bond acceptors (Lipinski definition) is 4. The van der Waals surface area contributed by atoms with Crippen LogP contribution in [0.1, 0.15) is 23.4 Å². The second-order valence-electron chi connectivity index (χ2n) is 4.75. The summed E-state index contributed by atoms with van der Waals surface area (Å²) in [5, 5.41) is 9.19. The van der Waals surface area contributed by atoms with Crippen molar-refractivity contribution in [2.45, 2.75) is 19.8 Å². The third kappa shape index (κ3) is 3.16. The Bertz CT molecular complexity index is 714. The molecule has 1 N–H and O–H groups in total. The fraction of sp³-hybridized carbons (Fsp3) is 0.333. The summed E-state index contributed by atoms with van der Waals surface area (Å²) in [5.74, 6) is -0.602. The highest BCUT2D eigenvalue weighted by atomic mass is 32.1. The van der Waals surface area contributed by atoms with Crippen molar-refractivity contribution in [1.82, 2.24) is 4.57 Å². The van der Waals surface area contributed by atoms with Crippen LogP contribution in [0.2, 0.25) is 0 Å². The van der Waals surface area contributed by atoms with Gasteiger partial charge in [0.2, 0.25) is 0 Å². The molecule has 0 aliphatic heterocycles. The second-order valence-corrected chi connectivity index (χ2v) is 5.94. The van der Waals surface area contributed by atoms with Gasteiger partial charge in [0.1, 0.15) is 5.75 Å². The van der Waals surface area contributed by atoms with Gasteiger partial charge in [-0.1, -0.05) is 0 Å². The molecule has 2 rings (SSSR count). The summed E-state index contributed by atoms with van der Waals surface area (Å²) in [6, 6.07) is 7.43. The topological polar surface area (TPSA) is 63.8 Å². The SMILES string of the molecule is COc1ccc(/N=c2/sc(C)c(C(C)C(=O)O)n2C)cc1. The molecule has 0 bridgehead atoms. The van der Waals surface area contributed by atoms with E-state index in [2.05, 4.69) is 4.99 Å². The van der Waals surface area contributed by atoms with E-state index < -0.39 is 11.9 Å². The number of carboxylic acids is 1. The van der Waals surface area contributed by atoms with E-state index in [1.165, 1.54) is 11.3 Å². The van der Waals surface area contributed by atoms with E-state index in [1.54, 1.807) is 14.0 Å². The summed E-state index contributed by atoms with van der Waals surface area (Å²) in [6.45, 7) is 3.61. The van der Waals surface area contributed by atoms with Crippen molar-refractivity contribution in [2.75, 3.05) is 7.11 Å². The van der Waals surface area contributed by atoms with Crippen molar-refractivity contribution >= 4 is 23.0 Å². The van der Waals surface area contributed by atoms with Crippen LogP contribution in [-0.2, 0) is 11.8 Å². The minimum absolute atomic E-state index is 0.550.